The summed E-state index contributed by atoms with van der Waals surface area (Å²) < 4.78 is 6.62. The number of hydrogen-bond acceptors (Lipinski definition) is 3. The van der Waals surface area contributed by atoms with Gasteiger partial charge in [-0.3, -0.25) is 0 Å². The van der Waals surface area contributed by atoms with Gasteiger partial charge < -0.3 is 15.0 Å². The van der Waals surface area contributed by atoms with Crippen LogP contribution < -0.4 is 10.2 Å². The molecule has 4 heteroatoms. The summed E-state index contributed by atoms with van der Waals surface area (Å²) in [6.07, 6.45) is 5.05. The molecule has 2 fully saturated rings. The van der Waals surface area contributed by atoms with Crippen molar-refractivity contribution in [3.63, 3.8) is 0 Å². The van der Waals surface area contributed by atoms with E-state index in [-0.39, 0.29) is 0 Å². The minimum atomic E-state index is 0.752. The number of ether oxygens (including phenoxy) is 1. The van der Waals surface area contributed by atoms with E-state index in [1.165, 1.54) is 36.9 Å². The Hall–Kier alpha value is -0.580. The van der Waals surface area contributed by atoms with Crippen molar-refractivity contribution in [1.82, 2.24) is 5.32 Å². The van der Waals surface area contributed by atoms with Gasteiger partial charge in [0.2, 0.25) is 0 Å². The summed E-state index contributed by atoms with van der Waals surface area (Å²) in [6, 6.07) is 7.40. The molecule has 0 atom stereocenters. The summed E-state index contributed by atoms with van der Waals surface area (Å²) in [5.74, 6) is 0.756. The van der Waals surface area contributed by atoms with E-state index in [0.717, 1.165) is 42.7 Å². The van der Waals surface area contributed by atoms with Crippen LogP contribution in [0.15, 0.2) is 22.7 Å². The van der Waals surface area contributed by atoms with Crippen LogP contribution >= 0.6 is 15.9 Å². The molecule has 1 aromatic carbocycles. The Labute approximate surface area is 136 Å². The Morgan fingerprint density at radius 2 is 2.00 bits per heavy atom. The van der Waals surface area contributed by atoms with Crippen molar-refractivity contribution in [2.45, 2.75) is 38.3 Å². The fourth-order valence-corrected chi connectivity index (χ4v) is 3.35. The van der Waals surface area contributed by atoms with Gasteiger partial charge in [0, 0.05) is 49.6 Å². The summed E-state index contributed by atoms with van der Waals surface area (Å²) >= 11 is 3.62. The molecule has 2 aliphatic rings. The van der Waals surface area contributed by atoms with Crippen LogP contribution in [0.3, 0.4) is 0 Å². The minimum Gasteiger partial charge on any atom is -0.381 e. The third kappa shape index (κ3) is 4.44. The van der Waals surface area contributed by atoms with Crippen LogP contribution in [0.5, 0.6) is 0 Å². The zero-order valence-electron chi connectivity index (χ0n) is 12.8. The second-order valence-corrected chi connectivity index (χ2v) is 7.28. The summed E-state index contributed by atoms with van der Waals surface area (Å²) in [7, 11) is 2.22. The molecule has 21 heavy (non-hydrogen) atoms. The summed E-state index contributed by atoms with van der Waals surface area (Å²) in [6.45, 7) is 3.95. The molecule has 0 spiro atoms. The molecule has 1 heterocycles. The fraction of sp³-hybridized carbons (Fsp3) is 0.647. The number of nitrogens with zero attached hydrogens (tertiary/aromatic N) is 1. The van der Waals surface area contributed by atoms with E-state index in [4.69, 9.17) is 4.74 Å². The first-order valence-corrected chi connectivity index (χ1v) is 8.82. The largest absolute Gasteiger partial charge is 0.381 e. The van der Waals surface area contributed by atoms with Crippen LogP contribution in [0.25, 0.3) is 0 Å². The van der Waals surface area contributed by atoms with Crippen molar-refractivity contribution in [1.29, 1.82) is 0 Å². The number of nitrogens with one attached hydrogen (secondary N) is 1. The second-order valence-electron chi connectivity index (χ2n) is 6.36. The van der Waals surface area contributed by atoms with E-state index in [2.05, 4.69) is 51.4 Å². The van der Waals surface area contributed by atoms with Gasteiger partial charge in [0.05, 0.1) is 0 Å². The molecule has 1 aliphatic heterocycles. The average molecular weight is 353 g/mol. The predicted molar refractivity (Wildman–Crippen MR) is 90.8 cm³/mol. The Kier molecular flexibility index (Phi) is 5.19. The Morgan fingerprint density at radius 3 is 2.71 bits per heavy atom. The molecule has 1 aromatic rings. The molecule has 116 valence electrons. The van der Waals surface area contributed by atoms with E-state index < -0.39 is 0 Å². The van der Waals surface area contributed by atoms with E-state index in [1.807, 2.05) is 0 Å². The van der Waals surface area contributed by atoms with E-state index in [9.17, 15) is 0 Å². The SMILES string of the molecule is CN(CC1CCOCC1)c1cc(Br)ccc1CNC1CC1. The molecule has 3 rings (SSSR count). The van der Waals surface area contributed by atoms with Crippen molar-refractivity contribution in [3.8, 4) is 0 Å². The molecule has 1 aliphatic carbocycles. The van der Waals surface area contributed by atoms with E-state index in [0.29, 0.717) is 0 Å². The molecule has 0 amide bonds. The van der Waals surface area contributed by atoms with Gasteiger partial charge in [-0.2, -0.15) is 0 Å². The number of halogens is 1. The molecule has 1 saturated heterocycles. The molecule has 3 nitrogen and oxygen atoms in total. The predicted octanol–water partition coefficient (Wildman–Crippen LogP) is 3.56. The zero-order valence-corrected chi connectivity index (χ0v) is 14.4. The monoisotopic (exact) mass is 352 g/mol. The van der Waals surface area contributed by atoms with E-state index >= 15 is 0 Å². The van der Waals surface area contributed by atoms with Crippen molar-refractivity contribution in [2.75, 3.05) is 31.7 Å². The molecule has 0 radical (unpaired) electrons. The lowest BCUT2D eigenvalue weighted by molar-refractivity contribution is 0.0685. The maximum absolute atomic E-state index is 5.47. The Morgan fingerprint density at radius 1 is 1.24 bits per heavy atom. The quantitative estimate of drug-likeness (QED) is 0.846. The van der Waals surface area contributed by atoms with E-state index in [1.54, 1.807) is 0 Å². The second kappa shape index (κ2) is 7.12. The normalized spacial score (nSPS) is 19.7. The maximum atomic E-state index is 5.47. The Bertz CT molecular complexity index is 470. The highest BCUT2D eigenvalue weighted by atomic mass is 79.9. The van der Waals surface area contributed by atoms with Gasteiger partial charge >= 0.3 is 0 Å². The van der Waals surface area contributed by atoms with Gasteiger partial charge in [0.15, 0.2) is 0 Å². The molecule has 0 aromatic heterocycles. The summed E-state index contributed by atoms with van der Waals surface area (Å²) in [4.78, 5) is 2.42. The van der Waals surface area contributed by atoms with Gasteiger partial charge in [0.25, 0.3) is 0 Å². The summed E-state index contributed by atoms with van der Waals surface area (Å²) in [5.41, 5.74) is 2.75. The van der Waals surface area contributed by atoms with Gasteiger partial charge in [-0.25, -0.2) is 0 Å². The standard InChI is InChI=1S/C17H25BrN2O/c1-20(12-13-6-8-21-9-7-13)17-10-15(18)3-2-14(17)11-19-16-4-5-16/h2-3,10,13,16,19H,4-9,11-12H2,1H3. The fourth-order valence-electron chi connectivity index (χ4n) is 3.00. The molecule has 0 bridgehead atoms. The lowest BCUT2D eigenvalue weighted by Crippen LogP contribution is -2.30. The number of benzene rings is 1. The highest BCUT2D eigenvalue weighted by molar-refractivity contribution is 9.10. The van der Waals surface area contributed by atoms with Crippen LogP contribution in [0.1, 0.15) is 31.2 Å². The minimum absolute atomic E-state index is 0.752. The van der Waals surface area contributed by atoms with Crippen molar-refractivity contribution >= 4 is 21.6 Å². The lowest BCUT2D eigenvalue weighted by Gasteiger charge is -2.30. The summed E-state index contributed by atoms with van der Waals surface area (Å²) in [5, 5.41) is 3.63. The highest BCUT2D eigenvalue weighted by Crippen LogP contribution is 2.28. The Balaban J connectivity index is 1.66. The van der Waals surface area contributed by atoms with Gasteiger partial charge in [-0.1, -0.05) is 22.0 Å². The van der Waals surface area contributed by atoms with Crippen molar-refractivity contribution in [3.05, 3.63) is 28.2 Å². The smallest absolute Gasteiger partial charge is 0.0469 e. The molecule has 1 N–H and O–H groups in total. The van der Waals surface area contributed by atoms with Gasteiger partial charge in [-0.05, 0) is 49.3 Å². The van der Waals surface area contributed by atoms with Crippen LogP contribution in [-0.2, 0) is 11.3 Å². The molecular formula is C17H25BrN2O. The highest BCUT2D eigenvalue weighted by Gasteiger charge is 2.21. The van der Waals surface area contributed by atoms with Crippen LogP contribution in [0.4, 0.5) is 5.69 Å². The van der Waals surface area contributed by atoms with Gasteiger partial charge in [0.1, 0.15) is 0 Å². The van der Waals surface area contributed by atoms with Crippen molar-refractivity contribution in [2.24, 2.45) is 5.92 Å². The van der Waals surface area contributed by atoms with Gasteiger partial charge in [-0.15, -0.1) is 0 Å². The number of anilines is 1. The third-order valence-corrected chi connectivity index (χ3v) is 4.98. The first-order chi connectivity index (χ1) is 10.2. The topological polar surface area (TPSA) is 24.5 Å². The number of hydrogen-bond donors (Lipinski definition) is 1. The molecule has 0 unspecified atom stereocenters. The molecule has 1 saturated carbocycles. The first-order valence-electron chi connectivity index (χ1n) is 8.03. The van der Waals surface area contributed by atoms with Crippen LogP contribution in [0.2, 0.25) is 0 Å². The average Bonchev–Trinajstić information content (AvgIpc) is 3.31. The third-order valence-electron chi connectivity index (χ3n) is 4.49. The van der Waals surface area contributed by atoms with Crippen molar-refractivity contribution < 1.29 is 4.74 Å². The van der Waals surface area contributed by atoms with Crippen LogP contribution in [0, 0.1) is 5.92 Å². The number of rotatable bonds is 6. The van der Waals surface area contributed by atoms with Crippen LogP contribution in [-0.4, -0.2) is 32.8 Å². The first kappa shape index (κ1) is 15.3. The maximum Gasteiger partial charge on any atom is 0.0469 e. The molecular weight excluding hydrogens is 328 g/mol. The lowest BCUT2D eigenvalue weighted by atomic mass is 9.99. The zero-order chi connectivity index (χ0) is 14.7.